The van der Waals surface area contributed by atoms with Gasteiger partial charge in [-0.1, -0.05) is 24.3 Å². The summed E-state index contributed by atoms with van der Waals surface area (Å²) in [5.41, 5.74) is 1.69. The number of benzene rings is 3. The highest BCUT2D eigenvalue weighted by molar-refractivity contribution is 6.04. The number of fused-ring (bicyclic) bond motifs is 1. The molecule has 1 aliphatic rings. The molecule has 0 radical (unpaired) electrons. The van der Waals surface area contributed by atoms with Crippen molar-refractivity contribution in [3.05, 3.63) is 107 Å². The Morgan fingerprint density at radius 2 is 1.71 bits per heavy atom. The standard InChI is InChI=1S/C29H23F3N2O4/c1-37-24-10-4-6-19(15-24)27(35)33-23-9-3-5-18(14-23)26-16-21-17-34(12-11-25(21)38-26)28(36)20-7-2-8-22(13-20)29(30,31)32/h2-10,13-16H,11-12,17H2,1H3,(H,33,35). The minimum Gasteiger partial charge on any atom is -0.497 e. The van der Waals surface area contributed by atoms with Crippen LogP contribution in [0.3, 0.4) is 0 Å². The van der Waals surface area contributed by atoms with Crippen LogP contribution in [0.5, 0.6) is 5.75 Å². The number of furan rings is 1. The van der Waals surface area contributed by atoms with Crippen LogP contribution in [0.25, 0.3) is 11.3 Å². The first-order valence-electron chi connectivity index (χ1n) is 11.9. The van der Waals surface area contributed by atoms with E-state index in [0.29, 0.717) is 35.7 Å². The van der Waals surface area contributed by atoms with E-state index >= 15 is 0 Å². The van der Waals surface area contributed by atoms with Crippen molar-refractivity contribution in [1.82, 2.24) is 4.90 Å². The van der Waals surface area contributed by atoms with Crippen LogP contribution < -0.4 is 10.1 Å². The summed E-state index contributed by atoms with van der Waals surface area (Å²) < 4.78 is 50.5. The number of amides is 2. The summed E-state index contributed by atoms with van der Waals surface area (Å²) >= 11 is 0. The molecule has 2 amide bonds. The second-order valence-corrected chi connectivity index (χ2v) is 8.88. The van der Waals surface area contributed by atoms with Gasteiger partial charge in [0, 0.05) is 47.5 Å². The zero-order chi connectivity index (χ0) is 26.9. The van der Waals surface area contributed by atoms with E-state index in [1.807, 2.05) is 12.1 Å². The van der Waals surface area contributed by atoms with Crippen molar-refractivity contribution in [3.8, 4) is 17.1 Å². The summed E-state index contributed by atoms with van der Waals surface area (Å²) in [7, 11) is 1.53. The summed E-state index contributed by atoms with van der Waals surface area (Å²) in [6.45, 7) is 0.547. The maximum atomic E-state index is 13.1. The number of nitrogens with one attached hydrogen (secondary N) is 1. The molecule has 1 aromatic heterocycles. The molecule has 3 aromatic carbocycles. The van der Waals surface area contributed by atoms with Gasteiger partial charge in [-0.2, -0.15) is 13.2 Å². The van der Waals surface area contributed by atoms with E-state index in [2.05, 4.69) is 5.32 Å². The number of nitrogens with zero attached hydrogens (tertiary/aromatic N) is 1. The lowest BCUT2D eigenvalue weighted by Gasteiger charge is -2.26. The summed E-state index contributed by atoms with van der Waals surface area (Å²) in [5.74, 6) is 1.11. The molecule has 0 spiro atoms. The van der Waals surface area contributed by atoms with Crippen LogP contribution in [0, 0.1) is 0 Å². The van der Waals surface area contributed by atoms with Crippen LogP contribution >= 0.6 is 0 Å². The van der Waals surface area contributed by atoms with Gasteiger partial charge in [0.25, 0.3) is 11.8 Å². The van der Waals surface area contributed by atoms with Crippen molar-refractivity contribution >= 4 is 17.5 Å². The molecule has 4 aromatic rings. The van der Waals surface area contributed by atoms with Crippen LogP contribution in [0.2, 0.25) is 0 Å². The lowest BCUT2D eigenvalue weighted by atomic mass is 10.0. The molecule has 2 heterocycles. The topological polar surface area (TPSA) is 71.8 Å². The molecule has 9 heteroatoms. The first-order valence-corrected chi connectivity index (χ1v) is 11.9. The molecular formula is C29H23F3N2O4. The second-order valence-electron chi connectivity index (χ2n) is 8.88. The molecule has 0 fully saturated rings. The fourth-order valence-corrected chi connectivity index (χ4v) is 4.38. The van der Waals surface area contributed by atoms with Gasteiger partial charge in [-0.05, 0) is 54.6 Å². The number of ether oxygens (including phenoxy) is 1. The molecule has 5 rings (SSSR count). The van der Waals surface area contributed by atoms with Crippen molar-refractivity contribution in [3.63, 3.8) is 0 Å². The summed E-state index contributed by atoms with van der Waals surface area (Å²) in [6.07, 6.45) is -4.08. The average molecular weight is 521 g/mol. The summed E-state index contributed by atoms with van der Waals surface area (Å²) in [4.78, 5) is 27.2. The molecule has 0 saturated heterocycles. The van der Waals surface area contributed by atoms with E-state index in [4.69, 9.17) is 9.15 Å². The number of anilines is 1. The van der Waals surface area contributed by atoms with Gasteiger partial charge < -0.3 is 19.4 Å². The Morgan fingerprint density at radius 3 is 2.50 bits per heavy atom. The van der Waals surface area contributed by atoms with Gasteiger partial charge in [0.05, 0.1) is 12.7 Å². The third-order valence-electron chi connectivity index (χ3n) is 6.33. The first-order chi connectivity index (χ1) is 18.2. The normalized spacial score (nSPS) is 13.1. The minimum absolute atomic E-state index is 0.00790. The average Bonchev–Trinajstić information content (AvgIpc) is 3.36. The number of carbonyl (C=O) groups excluding carboxylic acids is 2. The van der Waals surface area contributed by atoms with E-state index in [1.165, 1.54) is 24.1 Å². The molecule has 0 aliphatic carbocycles. The SMILES string of the molecule is COc1cccc(C(=O)Nc2cccc(-c3cc4c(o3)CCN(C(=O)c3cccc(C(F)(F)F)c3)C4)c2)c1. The minimum atomic E-state index is -4.52. The predicted molar refractivity (Wildman–Crippen MR) is 135 cm³/mol. The lowest BCUT2D eigenvalue weighted by molar-refractivity contribution is -0.137. The number of alkyl halides is 3. The number of carbonyl (C=O) groups is 2. The highest BCUT2D eigenvalue weighted by Gasteiger charge is 2.32. The first kappa shape index (κ1) is 25.1. The van der Waals surface area contributed by atoms with Gasteiger partial charge in [0.1, 0.15) is 17.3 Å². The second kappa shape index (κ2) is 10.1. The molecule has 0 unspecified atom stereocenters. The van der Waals surface area contributed by atoms with Crippen molar-refractivity contribution in [2.75, 3.05) is 19.0 Å². The largest absolute Gasteiger partial charge is 0.497 e. The van der Waals surface area contributed by atoms with Gasteiger partial charge in [0.15, 0.2) is 0 Å². The summed E-state index contributed by atoms with van der Waals surface area (Å²) in [6, 6.07) is 20.3. The molecule has 6 nitrogen and oxygen atoms in total. The Morgan fingerprint density at radius 1 is 0.947 bits per heavy atom. The number of rotatable bonds is 5. The van der Waals surface area contributed by atoms with Crippen molar-refractivity contribution in [2.24, 2.45) is 0 Å². The molecule has 38 heavy (non-hydrogen) atoms. The third kappa shape index (κ3) is 5.27. The van der Waals surface area contributed by atoms with E-state index in [1.54, 1.807) is 42.5 Å². The van der Waals surface area contributed by atoms with E-state index < -0.39 is 17.6 Å². The monoisotopic (exact) mass is 520 g/mol. The predicted octanol–water partition coefficient (Wildman–Crippen LogP) is 6.42. The van der Waals surface area contributed by atoms with Gasteiger partial charge >= 0.3 is 6.18 Å². The van der Waals surface area contributed by atoms with E-state index in [9.17, 15) is 22.8 Å². The van der Waals surface area contributed by atoms with Crippen LogP contribution in [0.4, 0.5) is 18.9 Å². The molecule has 1 aliphatic heterocycles. The smallest absolute Gasteiger partial charge is 0.416 e. The molecule has 0 saturated carbocycles. The lowest BCUT2D eigenvalue weighted by Crippen LogP contribution is -2.35. The van der Waals surface area contributed by atoms with Gasteiger partial charge in [0.2, 0.25) is 0 Å². The number of methoxy groups -OCH3 is 1. The van der Waals surface area contributed by atoms with Crippen molar-refractivity contribution in [1.29, 1.82) is 0 Å². The number of hydrogen-bond donors (Lipinski definition) is 1. The molecule has 0 bridgehead atoms. The molecule has 194 valence electrons. The Hall–Kier alpha value is -4.53. The van der Waals surface area contributed by atoms with Crippen molar-refractivity contribution < 1.29 is 31.9 Å². The van der Waals surface area contributed by atoms with Crippen LogP contribution in [-0.4, -0.2) is 30.4 Å². The molecular weight excluding hydrogens is 497 g/mol. The van der Waals surface area contributed by atoms with Gasteiger partial charge in [-0.3, -0.25) is 9.59 Å². The quantitative estimate of drug-likeness (QED) is 0.330. The zero-order valence-corrected chi connectivity index (χ0v) is 20.3. The highest BCUT2D eigenvalue weighted by atomic mass is 19.4. The van der Waals surface area contributed by atoms with Crippen LogP contribution in [0.15, 0.2) is 83.3 Å². The van der Waals surface area contributed by atoms with Crippen molar-refractivity contribution in [2.45, 2.75) is 19.1 Å². The highest BCUT2D eigenvalue weighted by Crippen LogP contribution is 2.33. The number of halogens is 3. The molecule has 1 N–H and O–H groups in total. The number of hydrogen-bond acceptors (Lipinski definition) is 4. The van der Waals surface area contributed by atoms with Crippen LogP contribution in [-0.2, 0) is 19.1 Å². The van der Waals surface area contributed by atoms with Gasteiger partial charge in [-0.15, -0.1) is 0 Å². The Bertz CT molecular complexity index is 1510. The Labute approximate surface area is 216 Å². The molecule has 0 atom stereocenters. The maximum Gasteiger partial charge on any atom is 0.416 e. The van der Waals surface area contributed by atoms with E-state index in [-0.39, 0.29) is 18.0 Å². The zero-order valence-electron chi connectivity index (χ0n) is 20.3. The third-order valence-corrected chi connectivity index (χ3v) is 6.33. The van der Waals surface area contributed by atoms with Crippen LogP contribution in [0.1, 0.15) is 37.6 Å². The maximum absolute atomic E-state index is 13.1. The fraction of sp³-hybridized carbons (Fsp3) is 0.172. The summed E-state index contributed by atoms with van der Waals surface area (Å²) in [5, 5.41) is 2.87. The Kier molecular flexibility index (Phi) is 6.67. The van der Waals surface area contributed by atoms with E-state index in [0.717, 1.165) is 29.0 Å². The fourth-order valence-electron chi connectivity index (χ4n) is 4.38. The Balaban J connectivity index is 1.31. The van der Waals surface area contributed by atoms with Gasteiger partial charge in [-0.25, -0.2) is 0 Å².